The third kappa shape index (κ3) is 3.14. The molecule has 1 amide bonds. The minimum Gasteiger partial charge on any atom is -0.487 e. The van der Waals surface area contributed by atoms with Crippen LogP contribution in [-0.4, -0.2) is 40.7 Å². The maximum absolute atomic E-state index is 14.7. The number of ether oxygens (including phenoxy) is 1. The molecule has 3 aliphatic carbocycles. The van der Waals surface area contributed by atoms with Crippen LogP contribution in [0.4, 0.5) is 4.39 Å². The summed E-state index contributed by atoms with van der Waals surface area (Å²) in [5.41, 5.74) is 0.294. The Morgan fingerprint density at radius 2 is 1.96 bits per heavy atom. The Bertz CT molecular complexity index is 759. The molecular formula is C22H28FNO3. The number of hydrogen-bond acceptors (Lipinski definition) is 3. The highest BCUT2D eigenvalue weighted by atomic mass is 19.1. The van der Waals surface area contributed by atoms with Crippen molar-refractivity contribution in [3.8, 4) is 5.75 Å². The normalized spacial score (nSPS) is 34.3. The Balaban J connectivity index is 1.16. The van der Waals surface area contributed by atoms with Gasteiger partial charge in [0, 0.05) is 24.4 Å². The molecule has 1 aliphatic heterocycles. The Morgan fingerprint density at radius 1 is 1.22 bits per heavy atom. The van der Waals surface area contributed by atoms with E-state index in [0.29, 0.717) is 24.5 Å². The van der Waals surface area contributed by atoms with Gasteiger partial charge in [-0.2, -0.15) is 0 Å². The first-order chi connectivity index (χ1) is 12.8. The average molecular weight is 373 g/mol. The Labute approximate surface area is 159 Å². The zero-order valence-electron chi connectivity index (χ0n) is 15.9. The van der Waals surface area contributed by atoms with Crippen molar-refractivity contribution in [3.63, 3.8) is 0 Å². The second kappa shape index (κ2) is 5.94. The second-order valence-corrected chi connectivity index (χ2v) is 9.71. The summed E-state index contributed by atoms with van der Waals surface area (Å²) in [6, 6.07) is 5.52. The number of nitrogens with zero attached hydrogens (tertiary/aromatic N) is 1. The molecule has 3 saturated carbocycles. The molecule has 4 fully saturated rings. The van der Waals surface area contributed by atoms with Gasteiger partial charge in [-0.05, 0) is 69.4 Å². The van der Waals surface area contributed by atoms with Crippen LogP contribution in [0.25, 0.3) is 0 Å². The van der Waals surface area contributed by atoms with Crippen molar-refractivity contribution in [1.82, 2.24) is 4.90 Å². The van der Waals surface area contributed by atoms with Gasteiger partial charge < -0.3 is 14.7 Å². The van der Waals surface area contributed by atoms with Gasteiger partial charge in [0.25, 0.3) is 0 Å². The van der Waals surface area contributed by atoms with Crippen molar-refractivity contribution in [2.24, 2.45) is 11.3 Å². The fourth-order valence-corrected chi connectivity index (χ4v) is 5.40. The van der Waals surface area contributed by atoms with Crippen molar-refractivity contribution in [2.75, 3.05) is 13.1 Å². The van der Waals surface area contributed by atoms with Crippen molar-refractivity contribution in [2.45, 2.75) is 69.5 Å². The molecule has 0 aromatic heterocycles. The maximum atomic E-state index is 14.7. The van der Waals surface area contributed by atoms with E-state index in [-0.39, 0.29) is 29.2 Å². The van der Waals surface area contributed by atoms with Gasteiger partial charge >= 0.3 is 0 Å². The van der Waals surface area contributed by atoms with Crippen molar-refractivity contribution < 1.29 is 19.0 Å². The van der Waals surface area contributed by atoms with E-state index in [1.165, 1.54) is 0 Å². The molecule has 5 rings (SSSR count). The molecule has 1 aromatic carbocycles. The van der Waals surface area contributed by atoms with E-state index in [9.17, 15) is 14.3 Å². The van der Waals surface area contributed by atoms with Crippen LogP contribution < -0.4 is 4.74 Å². The van der Waals surface area contributed by atoms with Gasteiger partial charge in [0.2, 0.25) is 5.91 Å². The van der Waals surface area contributed by atoms with Crippen LogP contribution in [0.1, 0.15) is 63.4 Å². The highest BCUT2D eigenvalue weighted by molar-refractivity contribution is 5.81. The summed E-state index contributed by atoms with van der Waals surface area (Å²) in [6.45, 7) is 3.37. The van der Waals surface area contributed by atoms with E-state index in [0.717, 1.165) is 50.8 Å². The highest BCUT2D eigenvalue weighted by Crippen LogP contribution is 2.49. The third-order valence-corrected chi connectivity index (χ3v) is 7.05. The summed E-state index contributed by atoms with van der Waals surface area (Å²) in [5, 5.41) is 9.85. The number of aliphatic hydroxyl groups is 1. The van der Waals surface area contributed by atoms with Crippen LogP contribution in [0.15, 0.2) is 18.2 Å². The predicted molar refractivity (Wildman–Crippen MR) is 99.0 cm³/mol. The minimum absolute atomic E-state index is 0.00920. The van der Waals surface area contributed by atoms with E-state index in [4.69, 9.17) is 4.74 Å². The fourth-order valence-electron chi connectivity index (χ4n) is 5.40. The smallest absolute Gasteiger partial charge is 0.225 e. The summed E-state index contributed by atoms with van der Waals surface area (Å²) in [4.78, 5) is 14.4. The van der Waals surface area contributed by atoms with Crippen molar-refractivity contribution in [1.29, 1.82) is 0 Å². The number of benzene rings is 1. The number of carbonyl (C=O) groups is 1. The summed E-state index contributed by atoms with van der Waals surface area (Å²) in [7, 11) is 0. The summed E-state index contributed by atoms with van der Waals surface area (Å²) < 4.78 is 20.7. The summed E-state index contributed by atoms with van der Waals surface area (Å²) >= 11 is 0. The van der Waals surface area contributed by atoms with E-state index in [2.05, 4.69) is 0 Å². The number of carbonyl (C=O) groups excluding carboxylic acids is 1. The minimum atomic E-state index is -0.658. The van der Waals surface area contributed by atoms with Gasteiger partial charge in [0.15, 0.2) is 11.6 Å². The van der Waals surface area contributed by atoms with Crippen LogP contribution in [0.2, 0.25) is 0 Å². The molecule has 27 heavy (non-hydrogen) atoms. The number of amides is 1. The van der Waals surface area contributed by atoms with E-state index >= 15 is 0 Å². The predicted octanol–water partition coefficient (Wildman–Crippen LogP) is 3.62. The van der Waals surface area contributed by atoms with Crippen LogP contribution in [0.3, 0.4) is 0 Å². The first-order valence-corrected chi connectivity index (χ1v) is 10.3. The molecule has 4 nitrogen and oxygen atoms in total. The van der Waals surface area contributed by atoms with Gasteiger partial charge in [-0.15, -0.1) is 0 Å². The molecule has 4 aliphatic rings. The largest absolute Gasteiger partial charge is 0.487 e. The van der Waals surface area contributed by atoms with Crippen LogP contribution >= 0.6 is 0 Å². The second-order valence-electron chi connectivity index (χ2n) is 9.71. The number of halogens is 1. The Kier molecular flexibility index (Phi) is 3.84. The third-order valence-electron chi connectivity index (χ3n) is 7.05. The zero-order chi connectivity index (χ0) is 18.8. The molecule has 1 N–H and O–H groups in total. The summed E-state index contributed by atoms with van der Waals surface area (Å²) in [5.74, 6) is 0.778. The zero-order valence-corrected chi connectivity index (χ0v) is 15.9. The van der Waals surface area contributed by atoms with Gasteiger partial charge in [0.1, 0.15) is 0 Å². The molecule has 1 atom stereocenters. The lowest BCUT2D eigenvalue weighted by atomic mass is 9.70. The number of rotatable bonds is 4. The first-order valence-electron chi connectivity index (χ1n) is 10.3. The lowest BCUT2D eigenvalue weighted by molar-refractivity contribution is -0.161. The molecule has 0 radical (unpaired) electrons. The van der Waals surface area contributed by atoms with E-state index < -0.39 is 5.60 Å². The van der Waals surface area contributed by atoms with Gasteiger partial charge in [0.05, 0.1) is 11.7 Å². The number of likely N-dealkylation sites (tertiary alicyclic amines) is 1. The topological polar surface area (TPSA) is 49.8 Å². The molecule has 1 spiro atoms. The van der Waals surface area contributed by atoms with Crippen LogP contribution in [-0.2, 0) is 4.79 Å². The molecular weight excluding hydrogens is 345 g/mol. The fraction of sp³-hybridized carbons (Fsp3) is 0.682. The lowest BCUT2D eigenvalue weighted by Crippen LogP contribution is -2.61. The molecule has 1 saturated heterocycles. The van der Waals surface area contributed by atoms with Crippen molar-refractivity contribution in [3.05, 3.63) is 29.6 Å². The van der Waals surface area contributed by atoms with Crippen LogP contribution in [0, 0.1) is 17.2 Å². The quantitative estimate of drug-likeness (QED) is 0.877. The molecule has 5 heteroatoms. The van der Waals surface area contributed by atoms with Crippen LogP contribution in [0.5, 0.6) is 5.75 Å². The molecule has 146 valence electrons. The molecule has 1 aromatic rings. The Hall–Kier alpha value is -1.62. The van der Waals surface area contributed by atoms with E-state index in [1.807, 2.05) is 17.0 Å². The van der Waals surface area contributed by atoms with Gasteiger partial charge in [-0.3, -0.25) is 4.79 Å². The maximum Gasteiger partial charge on any atom is 0.225 e. The first kappa shape index (κ1) is 17.5. The monoisotopic (exact) mass is 373 g/mol. The Morgan fingerprint density at radius 3 is 2.63 bits per heavy atom. The molecule has 1 unspecified atom stereocenters. The molecule has 0 bridgehead atoms. The summed E-state index contributed by atoms with van der Waals surface area (Å²) in [6.07, 6.45) is 6.21. The highest BCUT2D eigenvalue weighted by Gasteiger charge is 2.53. The van der Waals surface area contributed by atoms with Gasteiger partial charge in [-0.25, -0.2) is 4.39 Å². The standard InChI is InChI=1S/C22H28FNO3/c1-21(26)9-15(10-21)20(25)24-12-22(13-24)8-7-16(11-22)27-18-4-2-3-17(19(18)23)14-5-6-14/h2-4,14-16,26H,5-13H2,1H3/t15-,16?,21+. The lowest BCUT2D eigenvalue weighted by Gasteiger charge is -2.51. The average Bonchev–Trinajstić information content (AvgIpc) is 3.32. The number of hydrogen-bond donors (Lipinski definition) is 1. The molecule has 1 heterocycles. The van der Waals surface area contributed by atoms with Gasteiger partial charge in [-0.1, -0.05) is 12.1 Å². The van der Waals surface area contributed by atoms with E-state index in [1.54, 1.807) is 13.0 Å². The SMILES string of the molecule is C[C@]1(O)C[C@@H](C(=O)N2CC3(CCC(Oc4cccc(C5CC5)c4F)C3)C2)C1. The van der Waals surface area contributed by atoms with Crippen molar-refractivity contribution >= 4 is 5.91 Å².